The standard InChI is InChI=1S/C29H39NO4/c1-9-30-19-13-28(4,5)15-21(31)26(19)25(27-20(30)14-29(6,7)16-22(27)32)18-10-11-23(34-17(2)3)24(12-18)33-8/h10-12,17,25H,9,13-16H2,1-8H3. The second-order valence-electron chi connectivity index (χ2n) is 11.9. The highest BCUT2D eigenvalue weighted by atomic mass is 16.5. The molecule has 0 aromatic heterocycles. The van der Waals surface area contributed by atoms with Crippen LogP contribution in [0.1, 0.15) is 85.6 Å². The average Bonchev–Trinajstić information content (AvgIpc) is 2.70. The number of carbonyl (C=O) groups excluding carboxylic acids is 2. The smallest absolute Gasteiger partial charge is 0.162 e. The highest BCUT2D eigenvalue weighted by Crippen LogP contribution is 2.54. The Labute approximate surface area is 204 Å². The number of hydrogen-bond acceptors (Lipinski definition) is 5. The van der Waals surface area contributed by atoms with Gasteiger partial charge in [0.05, 0.1) is 13.2 Å². The van der Waals surface area contributed by atoms with Gasteiger partial charge in [-0.15, -0.1) is 0 Å². The number of nitrogens with zero attached hydrogens (tertiary/aromatic N) is 1. The number of rotatable bonds is 5. The molecule has 1 aromatic rings. The van der Waals surface area contributed by atoms with Crippen LogP contribution in [0.3, 0.4) is 0 Å². The van der Waals surface area contributed by atoms with E-state index in [4.69, 9.17) is 9.47 Å². The normalized spacial score (nSPS) is 22.2. The number of allylic oxidation sites excluding steroid dienone is 4. The molecule has 0 saturated carbocycles. The molecule has 0 fully saturated rings. The second-order valence-corrected chi connectivity index (χ2v) is 11.9. The zero-order valence-electron chi connectivity index (χ0n) is 22.0. The van der Waals surface area contributed by atoms with Crippen LogP contribution in [0, 0.1) is 10.8 Å². The summed E-state index contributed by atoms with van der Waals surface area (Å²) in [6.07, 6.45) is 2.66. The summed E-state index contributed by atoms with van der Waals surface area (Å²) < 4.78 is 11.6. The van der Waals surface area contributed by atoms with E-state index in [0.717, 1.165) is 47.5 Å². The summed E-state index contributed by atoms with van der Waals surface area (Å²) in [4.78, 5) is 29.7. The lowest BCUT2D eigenvalue weighted by molar-refractivity contribution is -0.119. The monoisotopic (exact) mass is 465 g/mol. The molecule has 0 spiro atoms. The van der Waals surface area contributed by atoms with Crippen molar-refractivity contribution in [2.24, 2.45) is 10.8 Å². The first kappa shape index (κ1) is 24.6. The van der Waals surface area contributed by atoms with E-state index >= 15 is 0 Å². The molecule has 1 heterocycles. The summed E-state index contributed by atoms with van der Waals surface area (Å²) in [6.45, 7) is 15.5. The molecule has 0 N–H and O–H groups in total. The Morgan fingerprint density at radius 3 is 1.88 bits per heavy atom. The van der Waals surface area contributed by atoms with Gasteiger partial charge in [-0.25, -0.2) is 0 Å². The topological polar surface area (TPSA) is 55.8 Å². The summed E-state index contributed by atoms with van der Waals surface area (Å²) in [5.41, 5.74) is 4.50. The van der Waals surface area contributed by atoms with Gasteiger partial charge in [-0.05, 0) is 62.1 Å². The first-order valence-corrected chi connectivity index (χ1v) is 12.5. The Hall–Kier alpha value is -2.56. The van der Waals surface area contributed by atoms with Crippen LogP contribution in [-0.2, 0) is 9.59 Å². The van der Waals surface area contributed by atoms with Crippen LogP contribution in [0.25, 0.3) is 0 Å². The van der Waals surface area contributed by atoms with Gasteiger partial charge >= 0.3 is 0 Å². The Kier molecular flexibility index (Phi) is 6.20. The molecule has 0 unspecified atom stereocenters. The summed E-state index contributed by atoms with van der Waals surface area (Å²) in [6, 6.07) is 5.87. The van der Waals surface area contributed by atoms with E-state index < -0.39 is 0 Å². The third kappa shape index (κ3) is 4.30. The van der Waals surface area contributed by atoms with Crippen molar-refractivity contribution in [3.8, 4) is 11.5 Å². The van der Waals surface area contributed by atoms with Gasteiger partial charge in [0.15, 0.2) is 23.1 Å². The van der Waals surface area contributed by atoms with E-state index in [1.807, 2.05) is 32.0 Å². The van der Waals surface area contributed by atoms with Crippen LogP contribution < -0.4 is 9.47 Å². The Bertz CT molecular complexity index is 1040. The number of ketones is 2. The van der Waals surface area contributed by atoms with E-state index in [2.05, 4.69) is 39.5 Å². The molecular weight excluding hydrogens is 426 g/mol. The van der Waals surface area contributed by atoms with E-state index in [1.165, 1.54) is 0 Å². The predicted octanol–water partition coefficient (Wildman–Crippen LogP) is 6.19. The Balaban J connectivity index is 1.95. The number of ether oxygens (including phenoxy) is 2. The molecule has 4 rings (SSSR count). The molecule has 5 nitrogen and oxygen atoms in total. The van der Waals surface area contributed by atoms with Crippen molar-refractivity contribution in [2.45, 2.75) is 86.2 Å². The van der Waals surface area contributed by atoms with E-state index in [9.17, 15) is 9.59 Å². The molecule has 1 aromatic carbocycles. The number of carbonyl (C=O) groups is 2. The second kappa shape index (κ2) is 8.58. The van der Waals surface area contributed by atoms with Crippen LogP contribution in [0.5, 0.6) is 11.5 Å². The third-order valence-corrected chi connectivity index (χ3v) is 7.22. The SMILES string of the molecule is CCN1C2=C(C(=O)CC(C)(C)C2)C(c2ccc(OC(C)C)c(OC)c2)C2=C1CC(C)(C)CC2=O. The first-order chi connectivity index (χ1) is 15.9. The highest BCUT2D eigenvalue weighted by Gasteiger charge is 2.48. The van der Waals surface area contributed by atoms with Crippen molar-refractivity contribution in [2.75, 3.05) is 13.7 Å². The lowest BCUT2D eigenvalue weighted by atomic mass is 9.63. The Morgan fingerprint density at radius 2 is 1.44 bits per heavy atom. The summed E-state index contributed by atoms with van der Waals surface area (Å²) in [5, 5.41) is 0. The minimum Gasteiger partial charge on any atom is -0.493 e. The molecule has 1 aliphatic heterocycles. The molecular formula is C29H39NO4. The van der Waals surface area contributed by atoms with Crippen molar-refractivity contribution in [1.29, 1.82) is 0 Å². The zero-order valence-corrected chi connectivity index (χ0v) is 22.0. The number of methoxy groups -OCH3 is 1. The van der Waals surface area contributed by atoms with Crippen molar-refractivity contribution < 1.29 is 19.1 Å². The van der Waals surface area contributed by atoms with Crippen LogP contribution in [0.4, 0.5) is 0 Å². The van der Waals surface area contributed by atoms with Crippen LogP contribution >= 0.6 is 0 Å². The molecule has 3 aliphatic rings. The lowest BCUT2D eigenvalue weighted by Gasteiger charge is -2.48. The van der Waals surface area contributed by atoms with E-state index in [0.29, 0.717) is 24.3 Å². The van der Waals surface area contributed by atoms with Gasteiger partial charge in [-0.2, -0.15) is 0 Å². The fourth-order valence-corrected chi connectivity index (χ4v) is 5.98. The number of Topliss-reactive ketones (excluding diaryl/α,β-unsaturated/α-hetero) is 2. The predicted molar refractivity (Wildman–Crippen MR) is 134 cm³/mol. The maximum atomic E-state index is 13.7. The van der Waals surface area contributed by atoms with Crippen molar-refractivity contribution in [1.82, 2.24) is 4.90 Å². The van der Waals surface area contributed by atoms with Crippen molar-refractivity contribution in [3.05, 3.63) is 46.3 Å². The zero-order chi connectivity index (χ0) is 25.0. The molecule has 2 aliphatic carbocycles. The van der Waals surface area contributed by atoms with Gasteiger partial charge in [0.2, 0.25) is 0 Å². The summed E-state index contributed by atoms with van der Waals surface area (Å²) >= 11 is 0. The maximum absolute atomic E-state index is 13.7. The molecule has 34 heavy (non-hydrogen) atoms. The summed E-state index contributed by atoms with van der Waals surface area (Å²) in [5.74, 6) is 1.24. The maximum Gasteiger partial charge on any atom is 0.162 e. The quantitative estimate of drug-likeness (QED) is 0.519. The number of benzene rings is 1. The molecule has 0 radical (unpaired) electrons. The van der Waals surface area contributed by atoms with Gasteiger partial charge in [-0.1, -0.05) is 33.8 Å². The van der Waals surface area contributed by atoms with Gasteiger partial charge in [-0.3, -0.25) is 9.59 Å². The average molecular weight is 466 g/mol. The van der Waals surface area contributed by atoms with Gasteiger partial charge in [0.25, 0.3) is 0 Å². The summed E-state index contributed by atoms with van der Waals surface area (Å²) in [7, 11) is 1.63. The fourth-order valence-electron chi connectivity index (χ4n) is 5.98. The van der Waals surface area contributed by atoms with E-state index in [-0.39, 0.29) is 34.4 Å². The number of hydrogen-bond donors (Lipinski definition) is 0. The molecule has 0 atom stereocenters. The minimum absolute atomic E-state index is 0.0143. The van der Waals surface area contributed by atoms with Gasteiger partial charge < -0.3 is 14.4 Å². The lowest BCUT2D eigenvalue weighted by Crippen LogP contribution is -2.44. The largest absolute Gasteiger partial charge is 0.493 e. The Morgan fingerprint density at radius 1 is 0.912 bits per heavy atom. The molecule has 0 saturated heterocycles. The van der Waals surface area contributed by atoms with Gasteiger partial charge in [0, 0.05) is 47.8 Å². The first-order valence-electron chi connectivity index (χ1n) is 12.5. The highest BCUT2D eigenvalue weighted by molar-refractivity contribution is 6.06. The van der Waals surface area contributed by atoms with Crippen molar-refractivity contribution in [3.63, 3.8) is 0 Å². The van der Waals surface area contributed by atoms with Crippen LogP contribution in [0.2, 0.25) is 0 Å². The van der Waals surface area contributed by atoms with Crippen LogP contribution in [-0.4, -0.2) is 36.2 Å². The molecule has 184 valence electrons. The van der Waals surface area contributed by atoms with Gasteiger partial charge in [0.1, 0.15) is 0 Å². The minimum atomic E-state index is -0.359. The fraction of sp³-hybridized carbons (Fsp3) is 0.586. The van der Waals surface area contributed by atoms with Crippen LogP contribution in [0.15, 0.2) is 40.7 Å². The molecule has 5 heteroatoms. The molecule has 0 amide bonds. The molecule has 0 bridgehead atoms. The van der Waals surface area contributed by atoms with Crippen molar-refractivity contribution >= 4 is 11.6 Å². The third-order valence-electron chi connectivity index (χ3n) is 7.22. The van der Waals surface area contributed by atoms with E-state index in [1.54, 1.807) is 7.11 Å².